The molecule has 0 heterocycles. The smallest absolute Gasteiger partial charge is 0.293 e. The van der Waals surface area contributed by atoms with Crippen molar-refractivity contribution in [3.8, 4) is 28.7 Å². The Labute approximate surface area is 192 Å². The van der Waals surface area contributed by atoms with Gasteiger partial charge in [-0.3, -0.25) is 9.59 Å². The standard InChI is InChI=1S/C20H19ClO7.C4H8/c1-10(11-8-14(26-3)19(28-5)15(9-11)27-4)12-6-7-13(25-2)16(17(12)22)18(23)20(21)24;1-2-4-3-1/h6-9,22H,1H2,2-5H3;1-4H2. The van der Waals surface area contributed by atoms with E-state index in [0.29, 0.717) is 28.4 Å². The normalized spacial score (nSPS) is 11.9. The molecule has 0 unspecified atom stereocenters. The highest BCUT2D eigenvalue weighted by Gasteiger charge is 2.26. The first-order valence-electron chi connectivity index (χ1n) is 9.94. The lowest BCUT2D eigenvalue weighted by Crippen LogP contribution is -2.10. The Bertz CT molecular complexity index is 981. The van der Waals surface area contributed by atoms with Crippen LogP contribution >= 0.6 is 11.6 Å². The van der Waals surface area contributed by atoms with Gasteiger partial charge in [0.25, 0.3) is 11.0 Å². The molecule has 3 rings (SSSR count). The van der Waals surface area contributed by atoms with E-state index in [9.17, 15) is 14.7 Å². The summed E-state index contributed by atoms with van der Waals surface area (Å²) in [6, 6.07) is 6.23. The van der Waals surface area contributed by atoms with Crippen molar-refractivity contribution in [2.24, 2.45) is 0 Å². The van der Waals surface area contributed by atoms with E-state index in [0.717, 1.165) is 0 Å². The molecule has 1 N–H and O–H groups in total. The Morgan fingerprint density at radius 3 is 1.75 bits per heavy atom. The third-order valence-corrected chi connectivity index (χ3v) is 5.28. The number of rotatable bonds is 8. The molecule has 2 aromatic carbocycles. The molecule has 0 aromatic heterocycles. The predicted molar refractivity (Wildman–Crippen MR) is 123 cm³/mol. The minimum Gasteiger partial charge on any atom is -0.506 e. The molecule has 2 aromatic rings. The molecule has 0 aliphatic heterocycles. The van der Waals surface area contributed by atoms with Crippen molar-refractivity contribution in [2.45, 2.75) is 25.7 Å². The number of methoxy groups -OCH3 is 4. The molecule has 0 saturated heterocycles. The molecule has 32 heavy (non-hydrogen) atoms. The van der Waals surface area contributed by atoms with Crippen LogP contribution in [0, 0.1) is 0 Å². The molecular weight excluding hydrogens is 436 g/mol. The summed E-state index contributed by atoms with van der Waals surface area (Å²) in [7, 11) is 5.72. The molecule has 0 bridgehead atoms. The number of ketones is 1. The predicted octanol–water partition coefficient (Wildman–Crippen LogP) is 5.00. The van der Waals surface area contributed by atoms with E-state index < -0.39 is 16.8 Å². The summed E-state index contributed by atoms with van der Waals surface area (Å²) in [4.78, 5) is 23.5. The second kappa shape index (κ2) is 11.4. The molecule has 1 aliphatic carbocycles. The van der Waals surface area contributed by atoms with Crippen molar-refractivity contribution in [2.75, 3.05) is 28.4 Å². The Hall–Kier alpha value is -3.19. The summed E-state index contributed by atoms with van der Waals surface area (Å²) in [5.41, 5.74) is 0.742. The lowest BCUT2D eigenvalue weighted by Gasteiger charge is -2.17. The van der Waals surface area contributed by atoms with E-state index in [4.69, 9.17) is 30.5 Å². The SMILES string of the molecule is C1CCC1.C=C(c1cc(OC)c(OC)c(OC)c1)c1ccc(OC)c(C(=O)C(=O)Cl)c1O. The maximum absolute atomic E-state index is 12.1. The van der Waals surface area contributed by atoms with Gasteiger partial charge in [-0.25, -0.2) is 0 Å². The summed E-state index contributed by atoms with van der Waals surface area (Å²) in [5.74, 6) is -0.383. The third-order valence-electron chi connectivity index (χ3n) is 5.10. The van der Waals surface area contributed by atoms with E-state index in [1.54, 1.807) is 12.1 Å². The van der Waals surface area contributed by atoms with Crippen LogP contribution in [0.4, 0.5) is 0 Å². The summed E-state index contributed by atoms with van der Waals surface area (Å²) in [5, 5.41) is 9.40. The van der Waals surface area contributed by atoms with Crippen LogP contribution in [0.3, 0.4) is 0 Å². The van der Waals surface area contributed by atoms with Gasteiger partial charge in [-0.15, -0.1) is 0 Å². The van der Waals surface area contributed by atoms with Crippen LogP contribution in [-0.2, 0) is 4.79 Å². The number of phenolic OH excluding ortho intramolecular Hbond substituents is 1. The molecule has 172 valence electrons. The van der Waals surface area contributed by atoms with Crippen molar-refractivity contribution >= 4 is 28.2 Å². The highest BCUT2D eigenvalue weighted by Crippen LogP contribution is 2.43. The first-order chi connectivity index (χ1) is 15.3. The zero-order valence-corrected chi connectivity index (χ0v) is 19.4. The molecular formula is C24H27ClO7. The number of hydrogen-bond donors (Lipinski definition) is 1. The second-order valence-corrected chi connectivity index (χ2v) is 7.29. The average molecular weight is 463 g/mol. The number of aromatic hydroxyl groups is 1. The van der Waals surface area contributed by atoms with Gasteiger partial charge in [0.15, 0.2) is 11.5 Å². The number of Topliss-reactive ketones (excluding diaryl/α,β-unsaturated/α-hetero) is 1. The summed E-state index contributed by atoms with van der Waals surface area (Å²) >= 11 is 5.30. The molecule has 1 aliphatic rings. The number of carbonyl (C=O) groups is 2. The van der Waals surface area contributed by atoms with Crippen LogP contribution in [-0.4, -0.2) is 44.6 Å². The molecule has 0 amide bonds. The average Bonchev–Trinajstić information content (AvgIpc) is 2.75. The van der Waals surface area contributed by atoms with Gasteiger partial charge in [0.1, 0.15) is 17.1 Å². The van der Waals surface area contributed by atoms with Gasteiger partial charge >= 0.3 is 0 Å². The van der Waals surface area contributed by atoms with Crippen molar-refractivity contribution in [3.05, 3.63) is 47.5 Å². The van der Waals surface area contributed by atoms with Gasteiger partial charge in [-0.05, 0) is 47.0 Å². The highest BCUT2D eigenvalue weighted by atomic mass is 35.5. The maximum Gasteiger partial charge on any atom is 0.293 e. The lowest BCUT2D eigenvalue weighted by molar-refractivity contribution is -0.108. The minimum absolute atomic E-state index is 0.0120. The fourth-order valence-electron chi connectivity index (χ4n) is 2.96. The number of ether oxygens (including phenoxy) is 4. The van der Waals surface area contributed by atoms with Gasteiger partial charge in [-0.1, -0.05) is 32.3 Å². The van der Waals surface area contributed by atoms with E-state index in [1.807, 2.05) is 0 Å². The number of carbonyl (C=O) groups excluding carboxylic acids is 2. The Kier molecular flexibility index (Phi) is 8.96. The second-order valence-electron chi connectivity index (χ2n) is 6.95. The largest absolute Gasteiger partial charge is 0.506 e. The summed E-state index contributed by atoms with van der Waals surface area (Å²) in [6.07, 6.45) is 6.00. The third kappa shape index (κ3) is 5.34. The van der Waals surface area contributed by atoms with E-state index >= 15 is 0 Å². The van der Waals surface area contributed by atoms with E-state index in [2.05, 4.69) is 6.58 Å². The number of halogens is 1. The number of hydrogen-bond acceptors (Lipinski definition) is 7. The van der Waals surface area contributed by atoms with Crippen molar-refractivity contribution in [1.29, 1.82) is 0 Å². The van der Waals surface area contributed by atoms with E-state index in [1.165, 1.54) is 66.3 Å². The van der Waals surface area contributed by atoms with Crippen LogP contribution in [0.2, 0.25) is 0 Å². The molecule has 1 fully saturated rings. The first-order valence-corrected chi connectivity index (χ1v) is 10.3. The number of phenols is 1. The zero-order chi connectivity index (χ0) is 23.8. The molecule has 0 spiro atoms. The highest BCUT2D eigenvalue weighted by molar-refractivity contribution is 6.83. The molecule has 8 heteroatoms. The molecule has 0 atom stereocenters. The first kappa shape index (κ1) is 25.1. The van der Waals surface area contributed by atoms with Crippen molar-refractivity contribution in [1.82, 2.24) is 0 Å². The van der Waals surface area contributed by atoms with Gasteiger partial charge in [-0.2, -0.15) is 0 Å². The van der Waals surface area contributed by atoms with Crippen LogP contribution in [0.1, 0.15) is 47.2 Å². The quantitative estimate of drug-likeness (QED) is 0.335. The fourth-order valence-corrected chi connectivity index (χ4v) is 3.06. The van der Waals surface area contributed by atoms with Crippen LogP contribution in [0.5, 0.6) is 28.7 Å². The van der Waals surface area contributed by atoms with Gasteiger partial charge in [0.05, 0.1) is 28.4 Å². The van der Waals surface area contributed by atoms with Crippen LogP contribution < -0.4 is 18.9 Å². The molecule has 0 radical (unpaired) electrons. The lowest BCUT2D eigenvalue weighted by atomic mass is 9.94. The molecule has 1 saturated carbocycles. The zero-order valence-electron chi connectivity index (χ0n) is 18.6. The van der Waals surface area contributed by atoms with Crippen molar-refractivity contribution < 1.29 is 33.6 Å². The molecule has 7 nitrogen and oxygen atoms in total. The summed E-state index contributed by atoms with van der Waals surface area (Å²) < 4.78 is 21.0. The van der Waals surface area contributed by atoms with E-state index in [-0.39, 0.29) is 16.9 Å². The van der Waals surface area contributed by atoms with Gasteiger partial charge in [0, 0.05) is 5.56 Å². The van der Waals surface area contributed by atoms with Gasteiger partial charge in [0.2, 0.25) is 5.75 Å². The topological polar surface area (TPSA) is 91.3 Å². The van der Waals surface area contributed by atoms with Crippen LogP contribution in [0.25, 0.3) is 5.57 Å². The van der Waals surface area contributed by atoms with Gasteiger partial charge < -0.3 is 24.1 Å². The van der Waals surface area contributed by atoms with Crippen LogP contribution in [0.15, 0.2) is 30.8 Å². The Morgan fingerprint density at radius 1 is 0.875 bits per heavy atom. The Balaban J connectivity index is 0.000000813. The monoisotopic (exact) mass is 462 g/mol. The summed E-state index contributed by atoms with van der Waals surface area (Å²) in [6.45, 7) is 3.98. The fraction of sp³-hybridized carbons (Fsp3) is 0.333. The van der Waals surface area contributed by atoms with Crippen molar-refractivity contribution in [3.63, 3.8) is 0 Å². The number of benzene rings is 2. The maximum atomic E-state index is 12.1. The minimum atomic E-state index is -1.25. The Morgan fingerprint density at radius 2 is 1.38 bits per heavy atom.